The molecule has 1 spiro atoms. The highest BCUT2D eigenvalue weighted by Crippen LogP contribution is 2.57. The molecule has 5 N–H and O–H groups in total. The summed E-state index contributed by atoms with van der Waals surface area (Å²) in [6, 6.07) is 12.0. The number of rotatable bonds is 5. The second-order valence-corrected chi connectivity index (χ2v) is 15.9. The molecule has 2 aromatic carbocycles. The van der Waals surface area contributed by atoms with Crippen LogP contribution in [-0.4, -0.2) is 84.2 Å². The number of aromatic nitrogens is 1. The van der Waals surface area contributed by atoms with Crippen LogP contribution in [-0.2, 0) is 38.1 Å². The van der Waals surface area contributed by atoms with Crippen LogP contribution in [0.4, 0.5) is 13.2 Å². The standard InChI is InChI=1S/C38H42F3N5O6/c1-3-25-21-15-20(16-24-22-10-7-11-26-30(22)23(18-36(24,17-21)43-25)31(42-26)37(39,40)41)32(48)44-35(2)34(50)46-27(14-19-8-5-4-6-9-19)33(49)45-28(12-13-29(45)47)38(46,51)52-35/h4-11,20-21,24-25,27-29,42-43,47,51H,3,12-18H2,1-2H3,(H,44,48)/t20?,21?,24-,25?,27+,28+,29?,35?,36?,38+/m1/s1. The molecule has 1 saturated carbocycles. The van der Waals surface area contributed by atoms with Crippen molar-refractivity contribution in [1.29, 1.82) is 0 Å². The van der Waals surface area contributed by atoms with Crippen LogP contribution >= 0.6 is 0 Å². The number of nitrogens with zero attached hydrogens (tertiary/aromatic N) is 2. The highest BCUT2D eigenvalue weighted by atomic mass is 19.4. The Morgan fingerprint density at radius 3 is 2.60 bits per heavy atom. The van der Waals surface area contributed by atoms with Gasteiger partial charge in [0.2, 0.25) is 17.5 Å². The van der Waals surface area contributed by atoms with E-state index < -0.39 is 71.0 Å². The van der Waals surface area contributed by atoms with Gasteiger partial charge in [0, 0.05) is 40.7 Å². The fourth-order valence-corrected chi connectivity index (χ4v) is 10.8. The Morgan fingerprint density at radius 1 is 1.10 bits per heavy atom. The Kier molecular flexibility index (Phi) is 7.33. The number of aromatic amines is 1. The highest BCUT2D eigenvalue weighted by molar-refractivity contribution is 5.97. The van der Waals surface area contributed by atoms with E-state index in [1.165, 1.54) is 11.8 Å². The molecule has 4 aliphatic heterocycles. The number of carbonyl (C=O) groups excluding carboxylic acids is 3. The zero-order chi connectivity index (χ0) is 36.5. The smallest absolute Gasteiger partial charge is 0.374 e. The van der Waals surface area contributed by atoms with Crippen LogP contribution in [0.2, 0.25) is 0 Å². The number of halogens is 3. The van der Waals surface area contributed by atoms with E-state index in [1.807, 2.05) is 19.1 Å². The van der Waals surface area contributed by atoms with Crippen LogP contribution in [0.15, 0.2) is 48.5 Å². The predicted octanol–water partition coefficient (Wildman–Crippen LogP) is 3.63. The first-order valence-electron chi connectivity index (χ1n) is 18.3. The summed E-state index contributed by atoms with van der Waals surface area (Å²) >= 11 is 0. The predicted molar refractivity (Wildman–Crippen MR) is 180 cm³/mol. The van der Waals surface area contributed by atoms with E-state index >= 15 is 0 Å². The monoisotopic (exact) mass is 721 g/mol. The summed E-state index contributed by atoms with van der Waals surface area (Å²) in [6.45, 7) is 3.41. The molecule has 14 heteroatoms. The fourth-order valence-electron chi connectivity index (χ4n) is 10.8. The third-order valence-corrected chi connectivity index (χ3v) is 13.0. The first-order valence-corrected chi connectivity index (χ1v) is 18.3. The van der Waals surface area contributed by atoms with Crippen molar-refractivity contribution in [2.24, 2.45) is 11.8 Å². The summed E-state index contributed by atoms with van der Waals surface area (Å²) in [4.78, 5) is 47.8. The SMILES string of the molecule is CCC1NC23Cc4c(C(F)(F)F)[nH]c5cccc(c45)[C@H]2CC(C(=O)NC2(C)O[C@@]4(O)[C@@H]5CCC(O)N5C(=O)[C@H](Cc5ccccc5)N4C2=O)CC1C3. The number of aliphatic hydroxyl groups excluding tert-OH is 1. The topological polar surface area (TPSA) is 147 Å². The van der Waals surface area contributed by atoms with E-state index in [2.05, 4.69) is 15.6 Å². The van der Waals surface area contributed by atoms with Crippen molar-refractivity contribution in [2.75, 3.05) is 0 Å². The zero-order valence-corrected chi connectivity index (χ0v) is 28.9. The van der Waals surface area contributed by atoms with E-state index in [4.69, 9.17) is 4.74 Å². The number of hydrogen-bond donors (Lipinski definition) is 5. The van der Waals surface area contributed by atoms with Gasteiger partial charge < -0.3 is 30.7 Å². The normalized spacial score (nSPS) is 37.9. The molecule has 4 saturated heterocycles. The largest absolute Gasteiger partial charge is 0.431 e. The second kappa shape index (κ2) is 11.3. The molecule has 5 fully saturated rings. The molecule has 2 aliphatic carbocycles. The number of amides is 3. The van der Waals surface area contributed by atoms with Crippen LogP contribution in [0.1, 0.15) is 80.7 Å². The Balaban J connectivity index is 1.05. The number of alkyl halides is 3. The van der Waals surface area contributed by atoms with Gasteiger partial charge in [0.15, 0.2) is 0 Å². The minimum atomic E-state index is -4.55. The molecule has 6 aliphatic rings. The number of benzene rings is 2. The summed E-state index contributed by atoms with van der Waals surface area (Å²) in [6.07, 6.45) is -3.02. The lowest BCUT2D eigenvalue weighted by Gasteiger charge is -2.49. The molecular formula is C38H42F3N5O6. The maximum absolute atomic E-state index is 14.5. The Hall–Kier alpha value is -3.98. The Morgan fingerprint density at radius 2 is 1.87 bits per heavy atom. The van der Waals surface area contributed by atoms with E-state index in [0.717, 1.165) is 22.4 Å². The molecular weight excluding hydrogens is 679 g/mol. The van der Waals surface area contributed by atoms with Gasteiger partial charge in [-0.05, 0) is 80.5 Å². The van der Waals surface area contributed by atoms with Gasteiger partial charge in [-0.1, -0.05) is 49.4 Å². The van der Waals surface area contributed by atoms with E-state index in [0.29, 0.717) is 30.2 Å². The molecule has 11 nitrogen and oxygen atoms in total. The lowest BCUT2D eigenvalue weighted by Crippen LogP contribution is -2.72. The molecule has 9 rings (SSSR count). The zero-order valence-electron chi connectivity index (χ0n) is 28.9. The Labute approximate surface area is 297 Å². The number of H-pyrrole nitrogens is 1. The van der Waals surface area contributed by atoms with Crippen molar-refractivity contribution in [2.45, 2.75) is 119 Å². The van der Waals surface area contributed by atoms with Gasteiger partial charge in [-0.2, -0.15) is 13.2 Å². The van der Waals surface area contributed by atoms with Crippen LogP contribution < -0.4 is 10.6 Å². The number of hydrogen-bond acceptors (Lipinski definition) is 7. The van der Waals surface area contributed by atoms with Crippen LogP contribution in [0.25, 0.3) is 10.9 Å². The second-order valence-electron chi connectivity index (χ2n) is 15.9. The van der Waals surface area contributed by atoms with Crippen molar-refractivity contribution in [3.05, 3.63) is 70.9 Å². The van der Waals surface area contributed by atoms with Gasteiger partial charge in [0.1, 0.15) is 24.0 Å². The number of fused-ring (bicyclic) bond motifs is 5. The van der Waals surface area contributed by atoms with Gasteiger partial charge >= 0.3 is 6.18 Å². The molecule has 52 heavy (non-hydrogen) atoms. The maximum Gasteiger partial charge on any atom is 0.431 e. The molecule has 1 aromatic heterocycles. The lowest BCUT2D eigenvalue weighted by atomic mass is 9.67. The Bertz CT molecular complexity index is 1990. The highest BCUT2D eigenvalue weighted by Gasteiger charge is 2.71. The van der Waals surface area contributed by atoms with Crippen molar-refractivity contribution in [1.82, 2.24) is 25.4 Å². The van der Waals surface area contributed by atoms with Gasteiger partial charge in [-0.15, -0.1) is 0 Å². The average Bonchev–Trinajstić information content (AvgIpc) is 3.79. The van der Waals surface area contributed by atoms with Crippen LogP contribution in [0, 0.1) is 11.8 Å². The number of carbonyl (C=O) groups is 3. The molecule has 3 aromatic rings. The van der Waals surface area contributed by atoms with E-state index in [9.17, 15) is 37.8 Å². The minimum Gasteiger partial charge on any atom is -0.374 e. The number of aliphatic hydroxyl groups is 2. The van der Waals surface area contributed by atoms with E-state index in [1.54, 1.807) is 36.4 Å². The molecule has 5 heterocycles. The van der Waals surface area contributed by atoms with Crippen molar-refractivity contribution >= 4 is 28.6 Å². The van der Waals surface area contributed by atoms with Crippen molar-refractivity contribution in [3.8, 4) is 0 Å². The van der Waals surface area contributed by atoms with Crippen molar-refractivity contribution < 1.29 is 42.5 Å². The van der Waals surface area contributed by atoms with Gasteiger partial charge in [0.05, 0.1) is 0 Å². The first-order chi connectivity index (χ1) is 24.7. The quantitative estimate of drug-likeness (QED) is 0.271. The average molecular weight is 722 g/mol. The van der Waals surface area contributed by atoms with Gasteiger partial charge in [0.25, 0.3) is 11.8 Å². The summed E-state index contributed by atoms with van der Waals surface area (Å²) in [5.41, 5.74) is -1.29. The fraction of sp³-hybridized carbons (Fsp3) is 0.553. The first kappa shape index (κ1) is 33.8. The molecule has 2 bridgehead atoms. The van der Waals surface area contributed by atoms with Gasteiger partial charge in [-0.25, -0.2) is 0 Å². The molecule has 276 valence electrons. The number of ether oxygens (including phenoxy) is 1. The molecule has 3 amide bonds. The van der Waals surface area contributed by atoms with Crippen LogP contribution in [0.5, 0.6) is 0 Å². The molecule has 10 atom stereocenters. The summed E-state index contributed by atoms with van der Waals surface area (Å²) in [7, 11) is 0. The summed E-state index contributed by atoms with van der Waals surface area (Å²) < 4.78 is 49.2. The number of piperazine rings is 1. The molecule has 6 unspecified atom stereocenters. The third kappa shape index (κ3) is 4.69. The molecule has 0 radical (unpaired) electrons. The summed E-state index contributed by atoms with van der Waals surface area (Å²) in [5.74, 6) is -4.98. The van der Waals surface area contributed by atoms with Crippen molar-refractivity contribution in [3.63, 3.8) is 0 Å². The third-order valence-electron chi connectivity index (χ3n) is 13.0. The van der Waals surface area contributed by atoms with E-state index in [-0.39, 0.29) is 49.1 Å². The van der Waals surface area contributed by atoms with Gasteiger partial charge in [-0.3, -0.25) is 24.0 Å². The lowest BCUT2D eigenvalue weighted by molar-refractivity contribution is -0.319. The number of nitrogens with one attached hydrogen (secondary N) is 3. The maximum atomic E-state index is 14.5. The minimum absolute atomic E-state index is 0.00953. The van der Waals surface area contributed by atoms with Crippen LogP contribution in [0.3, 0.4) is 0 Å². The summed E-state index contributed by atoms with van der Waals surface area (Å²) in [5, 5.41) is 30.2.